The van der Waals surface area contributed by atoms with Crippen molar-refractivity contribution in [2.45, 2.75) is 24.7 Å². The van der Waals surface area contributed by atoms with Crippen molar-refractivity contribution in [3.63, 3.8) is 0 Å². The number of hydrogen-bond donors (Lipinski definition) is 2. The summed E-state index contributed by atoms with van der Waals surface area (Å²) < 4.78 is 13.5. The quantitative estimate of drug-likeness (QED) is 0.381. The van der Waals surface area contributed by atoms with Crippen LogP contribution in [0.25, 0.3) is 11.0 Å². The van der Waals surface area contributed by atoms with Gasteiger partial charge in [-0.3, -0.25) is 9.58 Å². The first-order chi connectivity index (χ1) is 16.4. The summed E-state index contributed by atoms with van der Waals surface area (Å²) in [6.07, 6.45) is 7.08. The minimum Gasteiger partial charge on any atom is -0.490 e. The number of aryl methyl sites for hydroxylation is 1. The highest BCUT2D eigenvalue weighted by Crippen LogP contribution is 2.39. The molecule has 2 N–H and O–H groups in total. The molecule has 0 unspecified atom stereocenters. The Morgan fingerprint density at radius 3 is 2.56 bits per heavy atom. The van der Waals surface area contributed by atoms with Crippen LogP contribution in [0.1, 0.15) is 12.8 Å². The maximum absolute atomic E-state index is 6.09. The summed E-state index contributed by atoms with van der Waals surface area (Å²) >= 11 is 0. The molecule has 1 saturated carbocycles. The summed E-state index contributed by atoms with van der Waals surface area (Å²) in [5.41, 5.74) is 2.31. The van der Waals surface area contributed by atoms with Crippen molar-refractivity contribution in [1.82, 2.24) is 29.6 Å². The monoisotopic (exact) mass is 460 g/mol. The Balaban J connectivity index is 1.20. The Labute approximate surface area is 197 Å². The van der Waals surface area contributed by atoms with Gasteiger partial charge in [0, 0.05) is 44.3 Å². The van der Waals surface area contributed by atoms with E-state index in [0.717, 1.165) is 41.0 Å². The molecular formula is C24H28N8O2. The molecule has 0 atom stereocenters. The molecule has 10 heteroatoms. The number of methoxy groups -OCH3 is 1. The first kappa shape index (κ1) is 22.1. The first-order valence-corrected chi connectivity index (χ1v) is 11.1. The lowest BCUT2D eigenvalue weighted by Crippen LogP contribution is -2.59. The number of fused-ring (bicyclic) bond motifs is 1. The molecule has 0 bridgehead atoms. The Bertz CT molecular complexity index is 1280. The molecule has 34 heavy (non-hydrogen) atoms. The summed E-state index contributed by atoms with van der Waals surface area (Å²) in [6.45, 7) is 0. The average molecular weight is 461 g/mol. The number of benzene rings is 1. The van der Waals surface area contributed by atoms with Crippen LogP contribution in [0.4, 0.5) is 23.1 Å². The van der Waals surface area contributed by atoms with Crippen LogP contribution < -0.4 is 15.4 Å². The number of aromatic nitrogens is 5. The molecule has 3 aromatic heterocycles. The van der Waals surface area contributed by atoms with Gasteiger partial charge in [-0.05, 0) is 50.5 Å². The molecule has 0 radical (unpaired) electrons. The zero-order valence-corrected chi connectivity index (χ0v) is 19.7. The summed E-state index contributed by atoms with van der Waals surface area (Å²) in [5, 5.41) is 11.7. The van der Waals surface area contributed by atoms with Gasteiger partial charge in [-0.1, -0.05) is 0 Å². The van der Waals surface area contributed by atoms with Crippen molar-refractivity contribution >= 4 is 34.2 Å². The van der Waals surface area contributed by atoms with Crippen LogP contribution in [-0.4, -0.2) is 62.7 Å². The fourth-order valence-corrected chi connectivity index (χ4v) is 4.14. The second-order valence-corrected chi connectivity index (χ2v) is 8.64. The van der Waals surface area contributed by atoms with Gasteiger partial charge in [-0.15, -0.1) is 0 Å². The van der Waals surface area contributed by atoms with Crippen molar-refractivity contribution in [1.29, 1.82) is 0 Å². The molecule has 1 aromatic carbocycles. The predicted molar refractivity (Wildman–Crippen MR) is 131 cm³/mol. The van der Waals surface area contributed by atoms with E-state index in [4.69, 9.17) is 9.47 Å². The van der Waals surface area contributed by atoms with Crippen molar-refractivity contribution in [3.8, 4) is 5.75 Å². The number of anilines is 4. The zero-order chi connectivity index (χ0) is 23.7. The second kappa shape index (κ2) is 8.88. The molecule has 1 aliphatic rings. The molecule has 3 heterocycles. The van der Waals surface area contributed by atoms with Gasteiger partial charge in [0.25, 0.3) is 0 Å². The highest BCUT2D eigenvalue weighted by molar-refractivity contribution is 5.79. The smallest absolute Gasteiger partial charge is 0.229 e. The van der Waals surface area contributed by atoms with E-state index < -0.39 is 0 Å². The lowest BCUT2D eigenvalue weighted by molar-refractivity contribution is -0.204. The van der Waals surface area contributed by atoms with Gasteiger partial charge in [0.2, 0.25) is 5.95 Å². The van der Waals surface area contributed by atoms with Crippen LogP contribution in [0.3, 0.4) is 0 Å². The predicted octanol–water partition coefficient (Wildman–Crippen LogP) is 3.69. The van der Waals surface area contributed by atoms with Crippen LogP contribution in [0.2, 0.25) is 0 Å². The van der Waals surface area contributed by atoms with Crippen molar-refractivity contribution in [3.05, 3.63) is 55.0 Å². The Morgan fingerprint density at radius 2 is 1.82 bits per heavy atom. The molecule has 10 nitrogen and oxygen atoms in total. The lowest BCUT2D eigenvalue weighted by Gasteiger charge is -2.50. The summed E-state index contributed by atoms with van der Waals surface area (Å²) in [6, 6.07) is 11.6. The number of nitrogens with one attached hydrogen (secondary N) is 2. The van der Waals surface area contributed by atoms with E-state index in [0.29, 0.717) is 11.8 Å². The summed E-state index contributed by atoms with van der Waals surface area (Å²) in [4.78, 5) is 15.4. The topological polar surface area (TPSA) is 102 Å². The normalized spacial score (nSPS) is 19.7. The van der Waals surface area contributed by atoms with Crippen LogP contribution in [-0.2, 0) is 11.8 Å². The largest absolute Gasteiger partial charge is 0.490 e. The van der Waals surface area contributed by atoms with Gasteiger partial charge in [0.05, 0.1) is 18.1 Å². The maximum atomic E-state index is 6.09. The lowest BCUT2D eigenvalue weighted by atomic mass is 9.83. The van der Waals surface area contributed by atoms with Gasteiger partial charge in [-0.25, -0.2) is 9.97 Å². The standard InChI is InChI=1S/C24H28N8O2/c1-31(2)24(33-4)12-20(13-24)34-19-7-5-17(6-8-19)29-23-25-10-9-21(30-23)28-18-11-16-14-27-32(3)22(16)26-15-18/h5-11,14-15,20H,12-13H2,1-4H3,(H2,25,28,29,30). The van der Waals surface area contributed by atoms with Crippen molar-refractivity contribution in [2.75, 3.05) is 31.8 Å². The van der Waals surface area contributed by atoms with Gasteiger partial charge in [-0.2, -0.15) is 10.1 Å². The van der Waals surface area contributed by atoms with E-state index in [1.807, 2.05) is 57.5 Å². The third kappa shape index (κ3) is 4.37. The zero-order valence-electron chi connectivity index (χ0n) is 19.7. The fraction of sp³-hybridized carbons (Fsp3) is 0.333. The van der Waals surface area contributed by atoms with E-state index in [1.165, 1.54) is 0 Å². The Morgan fingerprint density at radius 1 is 1.03 bits per heavy atom. The van der Waals surface area contributed by atoms with E-state index in [1.54, 1.807) is 30.4 Å². The van der Waals surface area contributed by atoms with Gasteiger partial charge >= 0.3 is 0 Å². The molecule has 4 aromatic rings. The van der Waals surface area contributed by atoms with Crippen molar-refractivity contribution in [2.24, 2.45) is 7.05 Å². The van der Waals surface area contributed by atoms with Crippen LogP contribution in [0, 0.1) is 0 Å². The van der Waals surface area contributed by atoms with Gasteiger partial charge < -0.3 is 20.1 Å². The first-order valence-electron chi connectivity index (χ1n) is 11.1. The molecule has 0 aliphatic heterocycles. The third-order valence-corrected chi connectivity index (χ3v) is 6.20. The number of pyridine rings is 1. The number of ether oxygens (including phenoxy) is 2. The van der Waals surface area contributed by atoms with E-state index >= 15 is 0 Å². The second-order valence-electron chi connectivity index (χ2n) is 8.64. The number of nitrogens with zero attached hydrogens (tertiary/aromatic N) is 6. The van der Waals surface area contributed by atoms with E-state index in [2.05, 4.69) is 35.6 Å². The molecule has 0 spiro atoms. The minimum absolute atomic E-state index is 0.146. The highest BCUT2D eigenvalue weighted by Gasteiger charge is 2.48. The van der Waals surface area contributed by atoms with Crippen molar-refractivity contribution < 1.29 is 9.47 Å². The van der Waals surface area contributed by atoms with Crippen LogP contribution in [0.15, 0.2) is 55.0 Å². The van der Waals surface area contributed by atoms with Crippen LogP contribution >= 0.6 is 0 Å². The maximum Gasteiger partial charge on any atom is 0.229 e. The average Bonchev–Trinajstić information content (AvgIpc) is 3.17. The highest BCUT2D eigenvalue weighted by atomic mass is 16.5. The summed E-state index contributed by atoms with van der Waals surface area (Å²) in [7, 11) is 7.68. The van der Waals surface area contributed by atoms with E-state index in [9.17, 15) is 0 Å². The molecule has 176 valence electrons. The summed E-state index contributed by atoms with van der Waals surface area (Å²) in [5.74, 6) is 1.98. The molecule has 5 rings (SSSR count). The third-order valence-electron chi connectivity index (χ3n) is 6.20. The van der Waals surface area contributed by atoms with Gasteiger partial charge in [0.1, 0.15) is 23.4 Å². The molecular weight excluding hydrogens is 432 g/mol. The molecule has 1 fully saturated rings. The fourth-order valence-electron chi connectivity index (χ4n) is 4.14. The van der Waals surface area contributed by atoms with Crippen LogP contribution in [0.5, 0.6) is 5.75 Å². The number of rotatable bonds is 8. The van der Waals surface area contributed by atoms with E-state index in [-0.39, 0.29) is 11.8 Å². The van der Waals surface area contributed by atoms with Gasteiger partial charge in [0.15, 0.2) is 5.65 Å². The molecule has 0 saturated heterocycles. The SMILES string of the molecule is COC1(N(C)C)CC(Oc2ccc(Nc3nccc(Nc4cnc5c(cnn5C)c4)n3)cc2)C1. The molecule has 0 amide bonds. The Hall–Kier alpha value is -3.76. The number of hydrogen-bond acceptors (Lipinski definition) is 9. The minimum atomic E-state index is -0.220. The Kier molecular flexibility index (Phi) is 5.76. The molecule has 1 aliphatic carbocycles.